The van der Waals surface area contributed by atoms with Crippen molar-refractivity contribution in [2.24, 2.45) is 11.8 Å². The molecule has 0 aliphatic carbocycles. The van der Waals surface area contributed by atoms with Crippen molar-refractivity contribution in [1.29, 1.82) is 0 Å². The molecule has 0 aromatic rings. The molecule has 0 aromatic heterocycles. The van der Waals surface area contributed by atoms with Gasteiger partial charge in [-0.3, -0.25) is 0 Å². The largest absolute Gasteiger partial charge is 0.318 e. The summed E-state index contributed by atoms with van der Waals surface area (Å²) in [7, 11) is 2.00. The second-order valence-electron chi connectivity index (χ2n) is 5.44. The van der Waals surface area contributed by atoms with Crippen molar-refractivity contribution >= 4 is 0 Å². The molecule has 98 valence electrons. The van der Waals surface area contributed by atoms with E-state index in [0.717, 1.165) is 24.9 Å². The molecule has 0 saturated heterocycles. The highest BCUT2D eigenvalue weighted by molar-refractivity contribution is 4.58. The third-order valence-electron chi connectivity index (χ3n) is 3.02. The molecular formula is C14H32N2. The molecule has 0 spiro atoms. The molecule has 0 saturated carbocycles. The quantitative estimate of drug-likeness (QED) is 0.531. The summed E-state index contributed by atoms with van der Waals surface area (Å²) in [5, 5.41) is 6.63. The van der Waals surface area contributed by atoms with E-state index < -0.39 is 0 Å². The molecule has 0 fully saturated rings. The normalized spacial score (nSPS) is 13.3. The van der Waals surface area contributed by atoms with E-state index in [4.69, 9.17) is 0 Å². The maximum atomic E-state index is 3.48. The summed E-state index contributed by atoms with van der Waals surface area (Å²) < 4.78 is 0. The molecule has 1 unspecified atom stereocenters. The third kappa shape index (κ3) is 12.0. The van der Waals surface area contributed by atoms with Crippen LogP contribution in [0.3, 0.4) is 0 Å². The first-order valence-electron chi connectivity index (χ1n) is 7.02. The van der Waals surface area contributed by atoms with E-state index in [1.54, 1.807) is 0 Å². The Balaban J connectivity index is 3.14. The summed E-state index contributed by atoms with van der Waals surface area (Å²) in [6.07, 6.45) is 7.01. The van der Waals surface area contributed by atoms with Crippen molar-refractivity contribution < 1.29 is 0 Å². The van der Waals surface area contributed by atoms with Gasteiger partial charge in [-0.1, -0.05) is 46.5 Å². The smallest absolute Gasteiger partial charge is 0.00767 e. The second kappa shape index (κ2) is 11.4. The Labute approximate surface area is 103 Å². The number of hydrogen-bond acceptors (Lipinski definition) is 2. The molecule has 1 atom stereocenters. The van der Waals surface area contributed by atoms with Gasteiger partial charge in [0.2, 0.25) is 0 Å². The van der Waals surface area contributed by atoms with Gasteiger partial charge in [0.05, 0.1) is 0 Å². The standard InChI is InChI=1S/C14H32N2/c1-13(2)8-6-5-7-9-14(3)12-16-11-10-15-4/h13-16H,5-12H2,1-4H3. The first kappa shape index (κ1) is 15.9. The summed E-state index contributed by atoms with van der Waals surface area (Å²) in [6.45, 7) is 10.3. The maximum Gasteiger partial charge on any atom is 0.00767 e. The fourth-order valence-electron chi connectivity index (χ4n) is 1.89. The molecule has 16 heavy (non-hydrogen) atoms. The molecule has 0 amide bonds. The zero-order valence-electron chi connectivity index (χ0n) is 11.8. The summed E-state index contributed by atoms with van der Waals surface area (Å²) in [4.78, 5) is 0. The predicted octanol–water partition coefficient (Wildman–Crippen LogP) is 3.04. The second-order valence-corrected chi connectivity index (χ2v) is 5.44. The lowest BCUT2D eigenvalue weighted by Gasteiger charge is -2.12. The van der Waals surface area contributed by atoms with Gasteiger partial charge >= 0.3 is 0 Å². The molecule has 0 rings (SSSR count). The first-order valence-corrected chi connectivity index (χ1v) is 7.02. The lowest BCUT2D eigenvalue weighted by Crippen LogP contribution is -2.28. The van der Waals surface area contributed by atoms with E-state index in [2.05, 4.69) is 31.4 Å². The zero-order valence-corrected chi connectivity index (χ0v) is 11.8. The van der Waals surface area contributed by atoms with Gasteiger partial charge in [-0.05, 0) is 31.8 Å². The van der Waals surface area contributed by atoms with Gasteiger partial charge in [-0.25, -0.2) is 0 Å². The molecule has 0 heterocycles. The van der Waals surface area contributed by atoms with Crippen LogP contribution in [0.5, 0.6) is 0 Å². The summed E-state index contributed by atoms with van der Waals surface area (Å²) >= 11 is 0. The van der Waals surface area contributed by atoms with Crippen molar-refractivity contribution in [2.45, 2.75) is 52.9 Å². The van der Waals surface area contributed by atoms with Gasteiger partial charge in [0.25, 0.3) is 0 Å². The number of likely N-dealkylation sites (N-methyl/N-ethyl adjacent to an activating group) is 1. The van der Waals surface area contributed by atoms with E-state index in [1.165, 1.54) is 38.6 Å². The van der Waals surface area contributed by atoms with Gasteiger partial charge in [-0.15, -0.1) is 0 Å². The number of nitrogens with one attached hydrogen (secondary N) is 2. The minimum absolute atomic E-state index is 0.830. The van der Waals surface area contributed by atoms with Crippen LogP contribution in [0.25, 0.3) is 0 Å². The van der Waals surface area contributed by atoms with Gasteiger partial charge in [-0.2, -0.15) is 0 Å². The highest BCUT2D eigenvalue weighted by Gasteiger charge is 2.01. The lowest BCUT2D eigenvalue weighted by atomic mass is 10.00. The molecule has 2 heteroatoms. The molecule has 0 aliphatic rings. The van der Waals surface area contributed by atoms with Crippen LogP contribution >= 0.6 is 0 Å². The fourth-order valence-corrected chi connectivity index (χ4v) is 1.89. The van der Waals surface area contributed by atoms with Crippen LogP contribution in [0.15, 0.2) is 0 Å². The van der Waals surface area contributed by atoms with E-state index in [9.17, 15) is 0 Å². The number of rotatable bonds is 11. The Bertz CT molecular complexity index is 135. The average Bonchev–Trinajstić information content (AvgIpc) is 2.23. The van der Waals surface area contributed by atoms with Crippen LogP contribution in [-0.4, -0.2) is 26.7 Å². The van der Waals surface area contributed by atoms with Crippen LogP contribution in [-0.2, 0) is 0 Å². The van der Waals surface area contributed by atoms with Crippen LogP contribution in [0.2, 0.25) is 0 Å². The molecule has 0 aliphatic heterocycles. The lowest BCUT2D eigenvalue weighted by molar-refractivity contribution is 0.442. The highest BCUT2D eigenvalue weighted by atomic mass is 14.9. The Hall–Kier alpha value is -0.0800. The Kier molecular flexibility index (Phi) is 11.3. The van der Waals surface area contributed by atoms with Crippen molar-refractivity contribution in [3.8, 4) is 0 Å². The highest BCUT2D eigenvalue weighted by Crippen LogP contribution is 2.12. The average molecular weight is 228 g/mol. The first-order chi connectivity index (χ1) is 7.66. The number of unbranched alkanes of at least 4 members (excludes halogenated alkanes) is 2. The molecule has 0 radical (unpaired) electrons. The fraction of sp³-hybridized carbons (Fsp3) is 1.00. The minimum Gasteiger partial charge on any atom is -0.318 e. The van der Waals surface area contributed by atoms with Crippen molar-refractivity contribution in [2.75, 3.05) is 26.7 Å². The SMILES string of the molecule is CNCCNCC(C)CCCCCC(C)C. The summed E-state index contributed by atoms with van der Waals surface area (Å²) in [6, 6.07) is 0. The van der Waals surface area contributed by atoms with Crippen LogP contribution in [0.4, 0.5) is 0 Å². The van der Waals surface area contributed by atoms with Crippen LogP contribution in [0.1, 0.15) is 52.9 Å². The Morgan fingerprint density at radius 1 is 0.875 bits per heavy atom. The van der Waals surface area contributed by atoms with Crippen molar-refractivity contribution in [3.05, 3.63) is 0 Å². The van der Waals surface area contributed by atoms with E-state index in [-0.39, 0.29) is 0 Å². The molecule has 0 aromatic carbocycles. The molecule has 2 N–H and O–H groups in total. The Morgan fingerprint density at radius 2 is 1.56 bits per heavy atom. The van der Waals surface area contributed by atoms with E-state index in [0.29, 0.717) is 0 Å². The molecule has 0 bridgehead atoms. The topological polar surface area (TPSA) is 24.1 Å². The molecular weight excluding hydrogens is 196 g/mol. The molecule has 2 nitrogen and oxygen atoms in total. The number of hydrogen-bond donors (Lipinski definition) is 2. The third-order valence-corrected chi connectivity index (χ3v) is 3.02. The van der Waals surface area contributed by atoms with Crippen molar-refractivity contribution in [1.82, 2.24) is 10.6 Å². The summed E-state index contributed by atoms with van der Waals surface area (Å²) in [5.74, 6) is 1.71. The maximum absolute atomic E-state index is 3.48. The predicted molar refractivity (Wildman–Crippen MR) is 73.9 cm³/mol. The van der Waals surface area contributed by atoms with Gasteiger partial charge in [0.15, 0.2) is 0 Å². The van der Waals surface area contributed by atoms with E-state index in [1.807, 2.05) is 7.05 Å². The summed E-state index contributed by atoms with van der Waals surface area (Å²) in [5.41, 5.74) is 0. The zero-order chi connectivity index (χ0) is 12.2. The minimum atomic E-state index is 0.830. The monoisotopic (exact) mass is 228 g/mol. The Morgan fingerprint density at radius 3 is 2.19 bits per heavy atom. The van der Waals surface area contributed by atoms with Crippen molar-refractivity contribution in [3.63, 3.8) is 0 Å². The van der Waals surface area contributed by atoms with Gasteiger partial charge in [0.1, 0.15) is 0 Å². The van der Waals surface area contributed by atoms with Gasteiger partial charge < -0.3 is 10.6 Å². The van der Waals surface area contributed by atoms with Gasteiger partial charge in [0, 0.05) is 13.1 Å². The van der Waals surface area contributed by atoms with Crippen LogP contribution in [0, 0.1) is 11.8 Å². The van der Waals surface area contributed by atoms with Crippen LogP contribution < -0.4 is 10.6 Å². The van der Waals surface area contributed by atoms with E-state index >= 15 is 0 Å².